The SMILES string of the molecule is COC(=O)COCCOCCNC(=O)COCCOCCCC(=O)OCC1c2ccccc2-c2ccccc21. The summed E-state index contributed by atoms with van der Waals surface area (Å²) in [5, 5.41) is 2.67. The number of ether oxygens (including phenoxy) is 6. The number of hydrogen-bond acceptors (Lipinski definition) is 9. The van der Waals surface area contributed by atoms with E-state index in [-0.39, 0.29) is 50.6 Å². The Morgan fingerprint density at radius 1 is 0.718 bits per heavy atom. The quantitative estimate of drug-likeness (QED) is 0.211. The first-order valence-corrected chi connectivity index (χ1v) is 13.1. The molecule has 3 rings (SSSR count). The van der Waals surface area contributed by atoms with Crippen LogP contribution in [0.15, 0.2) is 48.5 Å². The van der Waals surface area contributed by atoms with Crippen molar-refractivity contribution in [3.8, 4) is 11.1 Å². The van der Waals surface area contributed by atoms with E-state index in [1.165, 1.54) is 29.4 Å². The van der Waals surface area contributed by atoms with Crippen LogP contribution >= 0.6 is 0 Å². The molecule has 0 unspecified atom stereocenters. The molecular weight excluding hydrogens is 506 g/mol. The van der Waals surface area contributed by atoms with Gasteiger partial charge in [-0.05, 0) is 28.7 Å². The van der Waals surface area contributed by atoms with Gasteiger partial charge in [-0.1, -0.05) is 48.5 Å². The van der Waals surface area contributed by atoms with Crippen molar-refractivity contribution in [3.63, 3.8) is 0 Å². The molecular formula is C29H37NO9. The maximum atomic E-state index is 12.3. The first-order valence-electron chi connectivity index (χ1n) is 13.1. The number of carbonyl (C=O) groups excluding carboxylic acids is 3. The Kier molecular flexibility index (Phi) is 13.4. The number of rotatable bonds is 19. The summed E-state index contributed by atoms with van der Waals surface area (Å²) < 4.78 is 31.1. The van der Waals surface area contributed by atoms with Gasteiger partial charge in [-0.2, -0.15) is 0 Å². The van der Waals surface area contributed by atoms with Crippen molar-refractivity contribution in [1.29, 1.82) is 0 Å². The van der Waals surface area contributed by atoms with Gasteiger partial charge in [0, 0.05) is 25.5 Å². The number of carbonyl (C=O) groups is 3. The summed E-state index contributed by atoms with van der Waals surface area (Å²) in [5.41, 5.74) is 4.78. The molecule has 0 heterocycles. The average Bonchev–Trinajstić information content (AvgIpc) is 3.28. The van der Waals surface area contributed by atoms with Gasteiger partial charge < -0.3 is 33.7 Å². The van der Waals surface area contributed by atoms with Crippen LogP contribution in [0.4, 0.5) is 0 Å². The van der Waals surface area contributed by atoms with Gasteiger partial charge in [0.2, 0.25) is 5.91 Å². The van der Waals surface area contributed by atoms with E-state index in [1.54, 1.807) is 0 Å². The van der Waals surface area contributed by atoms with Crippen LogP contribution in [-0.2, 0) is 42.8 Å². The molecule has 0 aliphatic heterocycles. The molecule has 0 fully saturated rings. The van der Waals surface area contributed by atoms with E-state index >= 15 is 0 Å². The summed E-state index contributed by atoms with van der Waals surface area (Å²) in [7, 11) is 1.29. The summed E-state index contributed by atoms with van der Waals surface area (Å²) in [5.74, 6) is -0.888. The van der Waals surface area contributed by atoms with Crippen LogP contribution in [0.3, 0.4) is 0 Å². The second kappa shape index (κ2) is 17.3. The molecule has 2 aromatic carbocycles. The third-order valence-electron chi connectivity index (χ3n) is 6.04. The highest BCUT2D eigenvalue weighted by Gasteiger charge is 2.28. The Hall–Kier alpha value is -3.31. The van der Waals surface area contributed by atoms with Crippen molar-refractivity contribution in [1.82, 2.24) is 5.32 Å². The predicted molar refractivity (Wildman–Crippen MR) is 142 cm³/mol. The summed E-state index contributed by atoms with van der Waals surface area (Å²) in [6, 6.07) is 16.5. The molecule has 0 aromatic heterocycles. The molecule has 212 valence electrons. The van der Waals surface area contributed by atoms with Gasteiger partial charge in [0.25, 0.3) is 0 Å². The largest absolute Gasteiger partial charge is 0.467 e. The summed E-state index contributed by atoms with van der Waals surface area (Å²) >= 11 is 0. The summed E-state index contributed by atoms with van der Waals surface area (Å²) in [6.07, 6.45) is 0.823. The summed E-state index contributed by atoms with van der Waals surface area (Å²) in [4.78, 5) is 34.9. The van der Waals surface area contributed by atoms with Crippen LogP contribution in [0.1, 0.15) is 29.9 Å². The third kappa shape index (κ3) is 10.4. The second-order valence-corrected chi connectivity index (χ2v) is 8.77. The Balaban J connectivity index is 1.14. The molecule has 0 radical (unpaired) electrons. The smallest absolute Gasteiger partial charge is 0.331 e. The number of benzene rings is 2. The highest BCUT2D eigenvalue weighted by molar-refractivity contribution is 5.79. The number of fused-ring (bicyclic) bond motifs is 3. The third-order valence-corrected chi connectivity index (χ3v) is 6.04. The first-order chi connectivity index (χ1) is 19.1. The van der Waals surface area contributed by atoms with Gasteiger partial charge in [-0.25, -0.2) is 4.79 Å². The Morgan fingerprint density at radius 2 is 1.31 bits per heavy atom. The molecule has 2 aromatic rings. The monoisotopic (exact) mass is 543 g/mol. The van der Waals surface area contributed by atoms with Crippen molar-refractivity contribution in [2.24, 2.45) is 0 Å². The molecule has 10 nitrogen and oxygen atoms in total. The molecule has 1 amide bonds. The van der Waals surface area contributed by atoms with Gasteiger partial charge in [-0.3, -0.25) is 9.59 Å². The van der Waals surface area contributed by atoms with E-state index in [4.69, 9.17) is 23.7 Å². The standard InChI is InChI=1S/C29H37NO9/c1-34-29(33)21-38-18-16-36-14-12-30-27(31)20-37-17-15-35-13-6-11-28(32)39-19-26-24-9-4-2-7-22(24)23-8-3-5-10-25(23)26/h2-5,7-10,26H,6,11-21H2,1H3,(H,30,31). The van der Waals surface area contributed by atoms with Crippen LogP contribution in [0.5, 0.6) is 0 Å². The zero-order chi connectivity index (χ0) is 27.7. The lowest BCUT2D eigenvalue weighted by atomic mass is 9.98. The van der Waals surface area contributed by atoms with E-state index in [9.17, 15) is 14.4 Å². The number of esters is 2. The lowest BCUT2D eigenvalue weighted by molar-refractivity contribution is -0.146. The average molecular weight is 544 g/mol. The lowest BCUT2D eigenvalue weighted by Crippen LogP contribution is -2.31. The zero-order valence-electron chi connectivity index (χ0n) is 22.4. The molecule has 39 heavy (non-hydrogen) atoms. The molecule has 10 heteroatoms. The molecule has 0 saturated carbocycles. The van der Waals surface area contributed by atoms with Crippen LogP contribution in [0.2, 0.25) is 0 Å². The Morgan fingerprint density at radius 3 is 1.97 bits per heavy atom. The van der Waals surface area contributed by atoms with Gasteiger partial charge in [0.1, 0.15) is 19.8 Å². The fraction of sp³-hybridized carbons (Fsp3) is 0.483. The zero-order valence-corrected chi connectivity index (χ0v) is 22.4. The minimum absolute atomic E-state index is 0.0540. The highest BCUT2D eigenvalue weighted by Crippen LogP contribution is 2.44. The van der Waals surface area contributed by atoms with Crippen molar-refractivity contribution in [3.05, 3.63) is 59.7 Å². The van der Waals surface area contributed by atoms with E-state index < -0.39 is 5.97 Å². The number of nitrogens with one attached hydrogen (secondary N) is 1. The first kappa shape index (κ1) is 30.2. The fourth-order valence-corrected chi connectivity index (χ4v) is 4.14. The van der Waals surface area contributed by atoms with Crippen molar-refractivity contribution in [2.75, 3.05) is 73.1 Å². The van der Waals surface area contributed by atoms with Crippen molar-refractivity contribution < 1.29 is 42.8 Å². The molecule has 1 N–H and O–H groups in total. The fourth-order valence-electron chi connectivity index (χ4n) is 4.14. The molecule has 0 bridgehead atoms. The maximum Gasteiger partial charge on any atom is 0.331 e. The Labute approximate surface area is 228 Å². The van der Waals surface area contributed by atoms with Crippen LogP contribution < -0.4 is 5.32 Å². The second-order valence-electron chi connectivity index (χ2n) is 8.77. The van der Waals surface area contributed by atoms with Gasteiger partial charge in [0.05, 0.1) is 40.1 Å². The maximum absolute atomic E-state index is 12.3. The van der Waals surface area contributed by atoms with E-state index in [0.717, 1.165) is 0 Å². The van der Waals surface area contributed by atoms with Gasteiger partial charge >= 0.3 is 11.9 Å². The molecule has 0 spiro atoms. The van der Waals surface area contributed by atoms with E-state index in [0.29, 0.717) is 46.0 Å². The van der Waals surface area contributed by atoms with Crippen molar-refractivity contribution in [2.45, 2.75) is 18.8 Å². The number of methoxy groups -OCH3 is 1. The van der Waals surface area contributed by atoms with E-state index in [2.05, 4.69) is 34.3 Å². The topological polar surface area (TPSA) is 119 Å². The number of hydrogen-bond donors (Lipinski definition) is 1. The molecule has 0 atom stereocenters. The minimum Gasteiger partial charge on any atom is -0.467 e. The van der Waals surface area contributed by atoms with Gasteiger partial charge in [-0.15, -0.1) is 0 Å². The summed E-state index contributed by atoms with van der Waals surface area (Å²) in [6.45, 7) is 2.35. The predicted octanol–water partition coefficient (Wildman–Crippen LogP) is 2.48. The highest BCUT2D eigenvalue weighted by atomic mass is 16.6. The normalized spacial score (nSPS) is 12.0. The molecule has 0 saturated heterocycles. The Bertz CT molecular complexity index is 1010. The lowest BCUT2D eigenvalue weighted by Gasteiger charge is -2.14. The van der Waals surface area contributed by atoms with Crippen LogP contribution in [0.25, 0.3) is 11.1 Å². The number of amides is 1. The van der Waals surface area contributed by atoms with E-state index in [1.807, 2.05) is 24.3 Å². The van der Waals surface area contributed by atoms with Crippen LogP contribution in [0, 0.1) is 0 Å². The molecule has 1 aliphatic carbocycles. The van der Waals surface area contributed by atoms with Crippen LogP contribution in [-0.4, -0.2) is 91.0 Å². The molecule has 1 aliphatic rings. The van der Waals surface area contributed by atoms with Crippen molar-refractivity contribution >= 4 is 17.8 Å². The van der Waals surface area contributed by atoms with Gasteiger partial charge in [0.15, 0.2) is 0 Å². The minimum atomic E-state index is -0.443.